The molecule has 1 N–H and O–H groups in total. The highest BCUT2D eigenvalue weighted by Crippen LogP contribution is 2.37. The molecular weight excluding hydrogens is 376 g/mol. The minimum absolute atomic E-state index is 0.0916. The van der Waals surface area contributed by atoms with Gasteiger partial charge in [-0.3, -0.25) is 9.69 Å². The van der Waals surface area contributed by atoms with Crippen molar-refractivity contribution in [3.8, 4) is 11.5 Å². The number of carbonyl (C=O) groups is 1. The molecule has 1 unspecified atom stereocenters. The third kappa shape index (κ3) is 5.18. The van der Waals surface area contributed by atoms with Gasteiger partial charge in [-0.1, -0.05) is 41.9 Å². The summed E-state index contributed by atoms with van der Waals surface area (Å²) in [6, 6.07) is 13.9. The lowest BCUT2D eigenvalue weighted by atomic mass is 10.1. The maximum atomic E-state index is 12.8. The Morgan fingerprint density at radius 1 is 1.18 bits per heavy atom. The van der Waals surface area contributed by atoms with Crippen molar-refractivity contribution in [3.63, 3.8) is 0 Å². The average molecular weight is 403 g/mol. The van der Waals surface area contributed by atoms with E-state index < -0.39 is 0 Å². The lowest BCUT2D eigenvalue weighted by molar-refractivity contribution is -0.118. The molecule has 1 atom stereocenters. The molecular formula is C22H27ClN2O3. The molecule has 150 valence electrons. The zero-order valence-corrected chi connectivity index (χ0v) is 17.3. The molecule has 0 aliphatic heterocycles. The first-order valence-corrected chi connectivity index (χ1v) is 9.89. The molecule has 0 radical (unpaired) electrons. The van der Waals surface area contributed by atoms with Crippen LogP contribution in [-0.4, -0.2) is 37.6 Å². The monoisotopic (exact) mass is 402 g/mol. The molecule has 0 aromatic heterocycles. The van der Waals surface area contributed by atoms with E-state index >= 15 is 0 Å². The molecule has 1 aliphatic rings. The highest BCUT2D eigenvalue weighted by atomic mass is 35.5. The minimum Gasteiger partial charge on any atom is -0.495 e. The normalized spacial score (nSPS) is 14.6. The van der Waals surface area contributed by atoms with Gasteiger partial charge in [0.05, 0.1) is 31.5 Å². The number of amides is 1. The molecule has 2 aromatic carbocycles. The Labute approximate surface area is 171 Å². The first-order chi connectivity index (χ1) is 13.5. The van der Waals surface area contributed by atoms with E-state index in [4.69, 9.17) is 21.1 Å². The van der Waals surface area contributed by atoms with Crippen LogP contribution in [0.3, 0.4) is 0 Å². The number of rotatable bonds is 9. The van der Waals surface area contributed by atoms with Gasteiger partial charge in [0.25, 0.3) is 0 Å². The van der Waals surface area contributed by atoms with Crippen LogP contribution in [0.1, 0.15) is 25.3 Å². The van der Waals surface area contributed by atoms with Gasteiger partial charge in [-0.2, -0.15) is 0 Å². The van der Waals surface area contributed by atoms with Crippen LogP contribution in [0.5, 0.6) is 11.5 Å². The molecule has 0 heterocycles. The number of methoxy groups -OCH3 is 2. The minimum atomic E-state index is -0.0916. The van der Waals surface area contributed by atoms with Crippen LogP contribution in [0.4, 0.5) is 5.69 Å². The van der Waals surface area contributed by atoms with E-state index in [1.165, 1.54) is 25.5 Å². The van der Waals surface area contributed by atoms with Crippen molar-refractivity contribution < 1.29 is 14.3 Å². The molecule has 3 rings (SSSR count). The van der Waals surface area contributed by atoms with E-state index in [9.17, 15) is 4.79 Å². The maximum absolute atomic E-state index is 12.8. The van der Waals surface area contributed by atoms with E-state index in [-0.39, 0.29) is 5.91 Å². The van der Waals surface area contributed by atoms with Crippen molar-refractivity contribution in [1.29, 1.82) is 0 Å². The van der Waals surface area contributed by atoms with E-state index in [0.717, 1.165) is 6.54 Å². The standard InChI is InChI=1S/C22H27ClN2O3/c1-15(17-9-10-17)25(13-16-7-5-4-6-8-16)14-22(26)24-19-12-20(27-2)18(23)11-21(19)28-3/h4-8,11-12,15,17H,9-10,13-14H2,1-3H3,(H,24,26). The summed E-state index contributed by atoms with van der Waals surface area (Å²) in [5.74, 6) is 1.57. The SMILES string of the molecule is COc1cc(NC(=O)CN(Cc2ccccc2)C(C)C2CC2)c(OC)cc1Cl. The van der Waals surface area contributed by atoms with Gasteiger partial charge in [0.1, 0.15) is 11.5 Å². The molecule has 5 nitrogen and oxygen atoms in total. The Bertz CT molecular complexity index is 809. The number of benzene rings is 2. The van der Waals surface area contributed by atoms with Gasteiger partial charge in [0.15, 0.2) is 0 Å². The molecule has 1 saturated carbocycles. The van der Waals surface area contributed by atoms with Gasteiger partial charge in [-0.15, -0.1) is 0 Å². The van der Waals surface area contributed by atoms with Crippen LogP contribution < -0.4 is 14.8 Å². The molecule has 1 amide bonds. The van der Waals surface area contributed by atoms with E-state index in [1.54, 1.807) is 19.2 Å². The molecule has 0 saturated heterocycles. The van der Waals surface area contributed by atoms with Crippen LogP contribution in [0.25, 0.3) is 0 Å². The Balaban J connectivity index is 1.73. The number of nitrogens with zero attached hydrogens (tertiary/aromatic N) is 1. The third-order valence-electron chi connectivity index (χ3n) is 5.20. The summed E-state index contributed by atoms with van der Waals surface area (Å²) in [6.07, 6.45) is 2.46. The predicted octanol–water partition coefficient (Wildman–Crippen LogP) is 4.60. The van der Waals surface area contributed by atoms with Crippen LogP contribution >= 0.6 is 11.6 Å². The summed E-state index contributed by atoms with van der Waals surface area (Å²) >= 11 is 6.15. The van der Waals surface area contributed by atoms with Crippen molar-refractivity contribution in [2.75, 3.05) is 26.1 Å². The Kier molecular flexibility index (Phi) is 6.81. The summed E-state index contributed by atoms with van der Waals surface area (Å²) in [7, 11) is 3.09. The van der Waals surface area contributed by atoms with Crippen LogP contribution in [0.2, 0.25) is 5.02 Å². The van der Waals surface area contributed by atoms with Crippen LogP contribution in [0.15, 0.2) is 42.5 Å². The summed E-state index contributed by atoms with van der Waals surface area (Å²) in [5.41, 5.74) is 1.75. The molecule has 0 spiro atoms. The van der Waals surface area contributed by atoms with E-state index in [0.29, 0.717) is 40.7 Å². The number of ether oxygens (including phenoxy) is 2. The van der Waals surface area contributed by atoms with Gasteiger partial charge in [0, 0.05) is 24.7 Å². The largest absolute Gasteiger partial charge is 0.495 e. The van der Waals surface area contributed by atoms with Gasteiger partial charge in [-0.05, 0) is 31.2 Å². The second-order valence-corrected chi connectivity index (χ2v) is 7.61. The number of halogens is 1. The van der Waals surface area contributed by atoms with Crippen LogP contribution in [0, 0.1) is 5.92 Å². The van der Waals surface area contributed by atoms with Crippen molar-refractivity contribution in [3.05, 3.63) is 53.1 Å². The Hall–Kier alpha value is -2.24. The third-order valence-corrected chi connectivity index (χ3v) is 5.50. The first kappa shape index (κ1) is 20.5. The predicted molar refractivity (Wildman–Crippen MR) is 112 cm³/mol. The van der Waals surface area contributed by atoms with Gasteiger partial charge >= 0.3 is 0 Å². The summed E-state index contributed by atoms with van der Waals surface area (Å²) < 4.78 is 10.6. The first-order valence-electron chi connectivity index (χ1n) is 9.51. The molecule has 1 aliphatic carbocycles. The highest BCUT2D eigenvalue weighted by molar-refractivity contribution is 6.32. The van der Waals surface area contributed by atoms with Crippen molar-refractivity contribution >= 4 is 23.2 Å². The maximum Gasteiger partial charge on any atom is 0.238 e. The summed E-state index contributed by atoms with van der Waals surface area (Å²) in [4.78, 5) is 15.1. The van der Waals surface area contributed by atoms with Crippen molar-refractivity contribution in [1.82, 2.24) is 4.90 Å². The number of hydrogen-bond donors (Lipinski definition) is 1. The fourth-order valence-corrected chi connectivity index (χ4v) is 3.60. The smallest absolute Gasteiger partial charge is 0.238 e. The Morgan fingerprint density at radius 2 is 1.86 bits per heavy atom. The topological polar surface area (TPSA) is 50.8 Å². The Morgan fingerprint density at radius 3 is 2.46 bits per heavy atom. The average Bonchev–Trinajstić information content (AvgIpc) is 3.54. The molecule has 1 fully saturated rings. The second-order valence-electron chi connectivity index (χ2n) is 7.20. The number of hydrogen-bond acceptors (Lipinski definition) is 4. The summed E-state index contributed by atoms with van der Waals surface area (Å²) in [5, 5.41) is 3.39. The molecule has 6 heteroatoms. The molecule has 0 bridgehead atoms. The number of anilines is 1. The van der Waals surface area contributed by atoms with E-state index in [1.807, 2.05) is 18.2 Å². The molecule has 28 heavy (non-hydrogen) atoms. The van der Waals surface area contributed by atoms with Crippen molar-refractivity contribution in [2.24, 2.45) is 5.92 Å². The fourth-order valence-electron chi connectivity index (χ4n) is 3.37. The zero-order valence-electron chi connectivity index (χ0n) is 16.6. The lowest BCUT2D eigenvalue weighted by Gasteiger charge is -2.29. The summed E-state index contributed by atoms with van der Waals surface area (Å²) in [6.45, 7) is 3.26. The molecule has 2 aromatic rings. The van der Waals surface area contributed by atoms with E-state index in [2.05, 4.69) is 29.3 Å². The fraction of sp³-hybridized carbons (Fsp3) is 0.409. The second kappa shape index (κ2) is 9.30. The lowest BCUT2D eigenvalue weighted by Crippen LogP contribution is -2.40. The van der Waals surface area contributed by atoms with Crippen molar-refractivity contribution in [2.45, 2.75) is 32.4 Å². The van der Waals surface area contributed by atoms with Gasteiger partial charge in [-0.25, -0.2) is 0 Å². The zero-order chi connectivity index (χ0) is 20.1. The number of carbonyl (C=O) groups excluding carboxylic acids is 1. The van der Waals surface area contributed by atoms with Gasteiger partial charge in [0.2, 0.25) is 5.91 Å². The quantitative estimate of drug-likeness (QED) is 0.666. The highest BCUT2D eigenvalue weighted by Gasteiger charge is 2.32. The van der Waals surface area contributed by atoms with Crippen LogP contribution in [-0.2, 0) is 11.3 Å². The van der Waals surface area contributed by atoms with Gasteiger partial charge < -0.3 is 14.8 Å². The number of nitrogens with one attached hydrogen (secondary N) is 1.